The van der Waals surface area contributed by atoms with Gasteiger partial charge in [-0.15, -0.1) is 0 Å². The first kappa shape index (κ1) is 14.3. The largest absolute Gasteiger partial charge is 0.298 e. The van der Waals surface area contributed by atoms with Gasteiger partial charge in [0.1, 0.15) is 6.29 Å². The molecule has 0 aliphatic carbocycles. The quantitative estimate of drug-likeness (QED) is 0.479. The molecule has 2 rings (SSSR count). The van der Waals surface area contributed by atoms with Crippen LogP contribution in [0.15, 0.2) is 66.9 Å². The lowest BCUT2D eigenvalue weighted by Crippen LogP contribution is -1.81. The van der Waals surface area contributed by atoms with Gasteiger partial charge in [-0.3, -0.25) is 14.9 Å². The van der Waals surface area contributed by atoms with Crippen molar-refractivity contribution in [2.75, 3.05) is 0 Å². The summed E-state index contributed by atoms with van der Waals surface area (Å²) >= 11 is 0. The molecule has 96 valence electrons. The molecule has 0 saturated heterocycles. The summed E-state index contributed by atoms with van der Waals surface area (Å²) in [5, 5.41) is 9.89. The summed E-state index contributed by atoms with van der Waals surface area (Å²) in [7, 11) is 0. The number of rotatable bonds is 3. The number of hydrogen-bond acceptors (Lipinski definition) is 3. The average molecular weight is 255 g/mol. The van der Waals surface area contributed by atoms with Gasteiger partial charge < -0.3 is 0 Å². The number of nitro groups is 1. The number of aldehydes is 1. The number of benzene rings is 2. The highest BCUT2D eigenvalue weighted by Crippen LogP contribution is 2.00. The zero-order chi connectivity index (χ0) is 13.9. The fourth-order valence-electron chi connectivity index (χ4n) is 1.24. The van der Waals surface area contributed by atoms with Crippen molar-refractivity contribution in [2.24, 2.45) is 0 Å². The van der Waals surface area contributed by atoms with Crippen molar-refractivity contribution < 1.29 is 9.72 Å². The minimum Gasteiger partial charge on any atom is -0.298 e. The van der Waals surface area contributed by atoms with E-state index in [2.05, 4.69) is 0 Å². The van der Waals surface area contributed by atoms with E-state index in [4.69, 9.17) is 0 Å². The number of hydrogen-bond donors (Lipinski definition) is 0. The van der Waals surface area contributed by atoms with Crippen LogP contribution in [0.4, 0.5) is 0 Å². The van der Waals surface area contributed by atoms with Gasteiger partial charge in [0.05, 0.1) is 4.92 Å². The number of nitrogens with zero attached hydrogens (tertiary/aromatic N) is 1. The Kier molecular flexibility index (Phi) is 6.29. The molecule has 0 heterocycles. The molecular formula is C15H13NO3. The van der Waals surface area contributed by atoms with Gasteiger partial charge in [-0.2, -0.15) is 0 Å². The van der Waals surface area contributed by atoms with E-state index in [1.54, 1.807) is 24.3 Å². The molecule has 0 aromatic heterocycles. The first-order chi connectivity index (χ1) is 9.22. The predicted octanol–water partition coefficient (Wildman–Crippen LogP) is 3.43. The Morgan fingerprint density at radius 3 is 1.68 bits per heavy atom. The van der Waals surface area contributed by atoms with Crippen molar-refractivity contribution in [3.63, 3.8) is 0 Å². The van der Waals surface area contributed by atoms with Crippen LogP contribution in [0.3, 0.4) is 0 Å². The Labute approximate surface area is 111 Å². The normalized spacial score (nSPS) is 9.47. The van der Waals surface area contributed by atoms with Gasteiger partial charge >= 0.3 is 0 Å². The monoisotopic (exact) mass is 255 g/mol. The molecule has 0 bridgehead atoms. The van der Waals surface area contributed by atoms with Crippen LogP contribution in [0, 0.1) is 10.1 Å². The Morgan fingerprint density at radius 1 is 0.842 bits per heavy atom. The summed E-state index contributed by atoms with van der Waals surface area (Å²) in [6.07, 6.45) is 3.22. The molecule has 0 aliphatic rings. The molecule has 0 amide bonds. The molecule has 19 heavy (non-hydrogen) atoms. The van der Waals surface area contributed by atoms with Crippen LogP contribution in [0.5, 0.6) is 0 Å². The van der Waals surface area contributed by atoms with Crippen molar-refractivity contribution in [1.82, 2.24) is 0 Å². The Hall–Kier alpha value is -2.75. The number of carbonyl (C=O) groups excluding carboxylic acids is 1. The summed E-state index contributed by atoms with van der Waals surface area (Å²) in [5.41, 5.74) is 1.57. The third-order valence-corrected chi connectivity index (χ3v) is 2.12. The van der Waals surface area contributed by atoms with E-state index in [0.717, 1.165) is 23.6 Å². The van der Waals surface area contributed by atoms with Crippen LogP contribution in [0.25, 0.3) is 6.08 Å². The lowest BCUT2D eigenvalue weighted by Gasteiger charge is -1.86. The summed E-state index contributed by atoms with van der Waals surface area (Å²) in [4.78, 5) is 19.4. The first-order valence-corrected chi connectivity index (χ1v) is 5.59. The van der Waals surface area contributed by atoms with E-state index in [9.17, 15) is 14.9 Å². The first-order valence-electron chi connectivity index (χ1n) is 5.59. The summed E-state index contributed by atoms with van der Waals surface area (Å²) in [6, 6.07) is 18.2. The van der Waals surface area contributed by atoms with Gasteiger partial charge in [0.15, 0.2) is 0 Å². The second-order valence-corrected chi connectivity index (χ2v) is 3.54. The Balaban J connectivity index is 0.000000200. The van der Waals surface area contributed by atoms with Crippen molar-refractivity contribution >= 4 is 12.4 Å². The van der Waals surface area contributed by atoms with Crippen molar-refractivity contribution in [2.45, 2.75) is 0 Å². The zero-order valence-electron chi connectivity index (χ0n) is 10.2. The third-order valence-electron chi connectivity index (χ3n) is 2.12. The maximum Gasteiger partial charge on any atom is 0.235 e. The predicted molar refractivity (Wildman–Crippen MR) is 74.3 cm³/mol. The van der Waals surface area contributed by atoms with Crippen molar-refractivity contribution in [1.29, 1.82) is 0 Å². The van der Waals surface area contributed by atoms with Gasteiger partial charge in [-0.25, -0.2) is 0 Å². The SMILES string of the molecule is O=Cc1ccccc1.O=[N+]([O-])C=Cc1ccccc1. The minimum atomic E-state index is -0.479. The molecule has 0 unspecified atom stereocenters. The third kappa shape index (κ3) is 6.53. The van der Waals surface area contributed by atoms with Crippen LogP contribution >= 0.6 is 0 Å². The molecule has 0 saturated carbocycles. The minimum absolute atomic E-state index is 0.479. The molecule has 2 aromatic carbocycles. The average Bonchev–Trinajstić information content (AvgIpc) is 2.48. The summed E-state index contributed by atoms with van der Waals surface area (Å²) in [6.45, 7) is 0. The maximum atomic E-state index is 10.0. The Morgan fingerprint density at radius 2 is 1.32 bits per heavy atom. The van der Waals surface area contributed by atoms with Gasteiger partial charge in [-0.1, -0.05) is 60.7 Å². The van der Waals surface area contributed by atoms with E-state index in [1.807, 2.05) is 36.4 Å². The van der Waals surface area contributed by atoms with E-state index in [1.165, 1.54) is 6.08 Å². The van der Waals surface area contributed by atoms with Gasteiger partial charge in [0.2, 0.25) is 6.20 Å². The zero-order valence-corrected chi connectivity index (χ0v) is 10.2. The van der Waals surface area contributed by atoms with Crippen LogP contribution < -0.4 is 0 Å². The number of carbonyl (C=O) groups is 1. The topological polar surface area (TPSA) is 60.2 Å². The Bertz CT molecular complexity index is 536. The van der Waals surface area contributed by atoms with Gasteiger partial charge in [-0.05, 0) is 5.56 Å². The lowest BCUT2D eigenvalue weighted by atomic mass is 10.2. The van der Waals surface area contributed by atoms with Gasteiger partial charge in [0.25, 0.3) is 0 Å². The fraction of sp³-hybridized carbons (Fsp3) is 0. The molecular weight excluding hydrogens is 242 g/mol. The van der Waals surface area contributed by atoms with Crippen molar-refractivity contribution in [3.05, 3.63) is 88.1 Å². The standard InChI is InChI=1S/C8H7NO2.C7H6O/c10-9(11)7-6-8-4-2-1-3-5-8;8-6-7-4-2-1-3-5-7/h1-7H;1-6H. The fourth-order valence-corrected chi connectivity index (χ4v) is 1.24. The molecule has 0 N–H and O–H groups in total. The second kappa shape index (κ2) is 8.36. The molecule has 0 fully saturated rings. The summed E-state index contributed by atoms with van der Waals surface area (Å²) < 4.78 is 0. The highest BCUT2D eigenvalue weighted by Gasteiger charge is 1.86. The van der Waals surface area contributed by atoms with E-state index in [-0.39, 0.29) is 0 Å². The molecule has 2 aromatic rings. The van der Waals surface area contributed by atoms with E-state index >= 15 is 0 Å². The van der Waals surface area contributed by atoms with Crippen LogP contribution in [0.2, 0.25) is 0 Å². The van der Waals surface area contributed by atoms with Crippen LogP contribution in [-0.2, 0) is 0 Å². The second-order valence-electron chi connectivity index (χ2n) is 3.54. The highest BCUT2D eigenvalue weighted by molar-refractivity contribution is 5.74. The van der Waals surface area contributed by atoms with Gasteiger partial charge in [0, 0.05) is 11.6 Å². The molecule has 4 heteroatoms. The van der Waals surface area contributed by atoms with Crippen molar-refractivity contribution in [3.8, 4) is 0 Å². The molecule has 0 radical (unpaired) electrons. The molecule has 4 nitrogen and oxygen atoms in total. The van der Waals surface area contributed by atoms with Crippen LogP contribution in [-0.4, -0.2) is 11.2 Å². The maximum absolute atomic E-state index is 10.0. The van der Waals surface area contributed by atoms with Crippen LogP contribution in [0.1, 0.15) is 15.9 Å². The van der Waals surface area contributed by atoms with E-state index < -0.39 is 4.92 Å². The molecule has 0 atom stereocenters. The molecule has 0 spiro atoms. The summed E-state index contributed by atoms with van der Waals surface area (Å²) in [5.74, 6) is 0. The lowest BCUT2D eigenvalue weighted by molar-refractivity contribution is -0.400. The highest BCUT2D eigenvalue weighted by atomic mass is 16.6. The molecule has 0 aliphatic heterocycles. The van der Waals surface area contributed by atoms with E-state index in [0.29, 0.717) is 0 Å². The smallest absolute Gasteiger partial charge is 0.235 e.